The molecule has 0 aliphatic heterocycles. The molecular formula is C18H21BrN2O2. The van der Waals surface area contributed by atoms with Crippen LogP contribution >= 0.6 is 15.9 Å². The van der Waals surface area contributed by atoms with Crippen LogP contribution in [0.15, 0.2) is 53.0 Å². The molecule has 1 unspecified atom stereocenters. The summed E-state index contributed by atoms with van der Waals surface area (Å²) < 4.78 is 6.23. The lowest BCUT2D eigenvalue weighted by atomic mass is 10.0. The standard InChI is InChI=1S/C18H21BrN2O2/c1-21(2)16(14-9-5-7-11-17(14)23-3)12-20-18(22)13-8-4-6-10-15(13)19/h4-11,16H,12H2,1-3H3,(H,20,22). The second kappa shape index (κ2) is 8.13. The number of carbonyl (C=O) groups is 1. The zero-order valence-corrected chi connectivity index (χ0v) is 15.1. The molecule has 0 heterocycles. The van der Waals surface area contributed by atoms with Gasteiger partial charge in [-0.15, -0.1) is 0 Å². The van der Waals surface area contributed by atoms with E-state index in [0.29, 0.717) is 12.1 Å². The smallest absolute Gasteiger partial charge is 0.252 e. The van der Waals surface area contributed by atoms with Gasteiger partial charge in [-0.3, -0.25) is 4.79 Å². The number of likely N-dealkylation sites (N-methyl/N-ethyl adjacent to an activating group) is 1. The summed E-state index contributed by atoms with van der Waals surface area (Å²) in [5, 5.41) is 3.00. The fourth-order valence-corrected chi connectivity index (χ4v) is 2.91. The Morgan fingerprint density at radius 3 is 2.48 bits per heavy atom. The molecule has 0 saturated heterocycles. The molecule has 4 nitrogen and oxygen atoms in total. The number of nitrogens with zero attached hydrogens (tertiary/aromatic N) is 1. The molecule has 0 saturated carbocycles. The number of nitrogens with one attached hydrogen (secondary N) is 1. The van der Waals surface area contributed by atoms with Crippen molar-refractivity contribution in [1.29, 1.82) is 0 Å². The molecule has 1 atom stereocenters. The fraction of sp³-hybridized carbons (Fsp3) is 0.278. The van der Waals surface area contributed by atoms with E-state index in [2.05, 4.69) is 26.1 Å². The quantitative estimate of drug-likeness (QED) is 0.838. The molecule has 0 aliphatic rings. The van der Waals surface area contributed by atoms with E-state index in [9.17, 15) is 4.79 Å². The number of halogens is 1. The number of hydrogen-bond acceptors (Lipinski definition) is 3. The Kier molecular flexibility index (Phi) is 6.19. The van der Waals surface area contributed by atoms with Crippen LogP contribution in [-0.4, -0.2) is 38.6 Å². The van der Waals surface area contributed by atoms with E-state index in [1.165, 1.54) is 0 Å². The average molecular weight is 377 g/mol. The number of hydrogen-bond donors (Lipinski definition) is 1. The van der Waals surface area contributed by atoms with Crippen molar-refractivity contribution in [3.8, 4) is 5.75 Å². The van der Waals surface area contributed by atoms with Gasteiger partial charge in [0.05, 0.1) is 18.7 Å². The molecule has 23 heavy (non-hydrogen) atoms. The Hall–Kier alpha value is -1.85. The molecule has 5 heteroatoms. The second-order valence-electron chi connectivity index (χ2n) is 5.41. The van der Waals surface area contributed by atoms with Crippen molar-refractivity contribution in [2.24, 2.45) is 0 Å². The van der Waals surface area contributed by atoms with Crippen LogP contribution in [0.25, 0.3) is 0 Å². The number of para-hydroxylation sites is 1. The first-order valence-corrected chi connectivity index (χ1v) is 8.16. The lowest BCUT2D eigenvalue weighted by molar-refractivity contribution is 0.0940. The summed E-state index contributed by atoms with van der Waals surface area (Å²) in [4.78, 5) is 14.5. The summed E-state index contributed by atoms with van der Waals surface area (Å²) >= 11 is 3.41. The van der Waals surface area contributed by atoms with Crippen LogP contribution in [0.2, 0.25) is 0 Å². The maximum Gasteiger partial charge on any atom is 0.252 e. The highest BCUT2D eigenvalue weighted by Gasteiger charge is 2.19. The highest BCUT2D eigenvalue weighted by atomic mass is 79.9. The number of carbonyl (C=O) groups excluding carboxylic acids is 1. The topological polar surface area (TPSA) is 41.6 Å². The van der Waals surface area contributed by atoms with Gasteiger partial charge in [-0.25, -0.2) is 0 Å². The number of benzene rings is 2. The third-order valence-corrected chi connectivity index (χ3v) is 4.39. The molecule has 2 aromatic rings. The number of methoxy groups -OCH3 is 1. The molecule has 0 radical (unpaired) electrons. The molecule has 0 aromatic heterocycles. The van der Waals surface area contributed by atoms with Crippen molar-refractivity contribution in [3.63, 3.8) is 0 Å². The summed E-state index contributed by atoms with van der Waals surface area (Å²) in [6.45, 7) is 0.494. The summed E-state index contributed by atoms with van der Waals surface area (Å²) in [6.07, 6.45) is 0. The summed E-state index contributed by atoms with van der Waals surface area (Å²) in [5.41, 5.74) is 1.68. The highest BCUT2D eigenvalue weighted by Crippen LogP contribution is 2.27. The fourth-order valence-electron chi connectivity index (χ4n) is 2.44. The molecule has 122 valence electrons. The third kappa shape index (κ3) is 4.33. The molecule has 0 spiro atoms. The van der Waals surface area contributed by atoms with Gasteiger partial charge in [0, 0.05) is 16.6 Å². The van der Waals surface area contributed by atoms with Crippen molar-refractivity contribution in [1.82, 2.24) is 10.2 Å². The Morgan fingerprint density at radius 2 is 1.83 bits per heavy atom. The van der Waals surface area contributed by atoms with Crippen molar-refractivity contribution < 1.29 is 9.53 Å². The van der Waals surface area contributed by atoms with Gasteiger partial charge in [0.15, 0.2) is 0 Å². The van der Waals surface area contributed by atoms with Gasteiger partial charge < -0.3 is 15.0 Å². The van der Waals surface area contributed by atoms with E-state index in [1.807, 2.05) is 56.6 Å². The lowest BCUT2D eigenvalue weighted by Crippen LogP contribution is -2.34. The molecule has 0 aliphatic carbocycles. The predicted molar refractivity (Wildman–Crippen MR) is 95.9 cm³/mol. The van der Waals surface area contributed by atoms with Crippen LogP contribution < -0.4 is 10.1 Å². The van der Waals surface area contributed by atoms with Gasteiger partial charge >= 0.3 is 0 Å². The Balaban J connectivity index is 2.15. The molecule has 1 amide bonds. The minimum Gasteiger partial charge on any atom is -0.496 e. The van der Waals surface area contributed by atoms with Crippen LogP contribution in [0.1, 0.15) is 22.0 Å². The zero-order valence-electron chi connectivity index (χ0n) is 13.5. The van der Waals surface area contributed by atoms with Gasteiger partial charge in [-0.05, 0) is 48.2 Å². The van der Waals surface area contributed by atoms with Gasteiger partial charge in [0.2, 0.25) is 0 Å². The number of amides is 1. The van der Waals surface area contributed by atoms with Gasteiger partial charge in [0.25, 0.3) is 5.91 Å². The van der Waals surface area contributed by atoms with E-state index >= 15 is 0 Å². The molecule has 2 rings (SSSR count). The van der Waals surface area contributed by atoms with Crippen LogP contribution in [0.4, 0.5) is 0 Å². The van der Waals surface area contributed by atoms with E-state index in [-0.39, 0.29) is 11.9 Å². The minimum atomic E-state index is -0.0979. The molecule has 1 N–H and O–H groups in total. The molecule has 2 aromatic carbocycles. The SMILES string of the molecule is COc1ccccc1C(CNC(=O)c1ccccc1Br)N(C)C. The van der Waals surface area contributed by atoms with E-state index in [0.717, 1.165) is 15.8 Å². The number of rotatable bonds is 6. The Bertz CT molecular complexity index is 674. The first-order chi connectivity index (χ1) is 11.0. The Morgan fingerprint density at radius 1 is 1.17 bits per heavy atom. The van der Waals surface area contributed by atoms with Gasteiger partial charge in [-0.1, -0.05) is 30.3 Å². The van der Waals surface area contributed by atoms with Crippen molar-refractivity contribution in [2.75, 3.05) is 27.7 Å². The second-order valence-corrected chi connectivity index (χ2v) is 6.27. The summed E-state index contributed by atoms with van der Waals surface area (Å²) in [6, 6.07) is 15.3. The van der Waals surface area contributed by atoms with Crippen LogP contribution in [-0.2, 0) is 0 Å². The summed E-state index contributed by atoms with van der Waals surface area (Å²) in [7, 11) is 5.63. The maximum atomic E-state index is 12.4. The van der Waals surface area contributed by atoms with E-state index < -0.39 is 0 Å². The van der Waals surface area contributed by atoms with Crippen LogP contribution in [0.5, 0.6) is 5.75 Å². The predicted octanol–water partition coefficient (Wildman–Crippen LogP) is 3.49. The van der Waals surface area contributed by atoms with Crippen LogP contribution in [0, 0.1) is 0 Å². The minimum absolute atomic E-state index is 0.0255. The van der Waals surface area contributed by atoms with Gasteiger partial charge in [0.1, 0.15) is 5.75 Å². The Labute approximate surface area is 145 Å². The molecule has 0 bridgehead atoms. The van der Waals surface area contributed by atoms with Crippen molar-refractivity contribution in [3.05, 3.63) is 64.1 Å². The highest BCUT2D eigenvalue weighted by molar-refractivity contribution is 9.10. The normalized spacial score (nSPS) is 12.0. The first kappa shape index (κ1) is 17.5. The monoisotopic (exact) mass is 376 g/mol. The molecule has 0 fully saturated rings. The number of ether oxygens (including phenoxy) is 1. The summed E-state index contributed by atoms with van der Waals surface area (Å²) in [5.74, 6) is 0.723. The van der Waals surface area contributed by atoms with E-state index in [4.69, 9.17) is 4.74 Å². The maximum absolute atomic E-state index is 12.4. The van der Waals surface area contributed by atoms with Gasteiger partial charge in [-0.2, -0.15) is 0 Å². The van der Waals surface area contributed by atoms with Crippen molar-refractivity contribution >= 4 is 21.8 Å². The zero-order chi connectivity index (χ0) is 16.8. The lowest BCUT2D eigenvalue weighted by Gasteiger charge is -2.26. The molecular weight excluding hydrogens is 356 g/mol. The first-order valence-electron chi connectivity index (χ1n) is 7.36. The largest absolute Gasteiger partial charge is 0.496 e. The van der Waals surface area contributed by atoms with Crippen LogP contribution in [0.3, 0.4) is 0 Å². The van der Waals surface area contributed by atoms with Crippen molar-refractivity contribution in [2.45, 2.75) is 6.04 Å². The average Bonchev–Trinajstić information content (AvgIpc) is 2.55. The van der Waals surface area contributed by atoms with E-state index in [1.54, 1.807) is 13.2 Å². The third-order valence-electron chi connectivity index (χ3n) is 3.70.